The van der Waals surface area contributed by atoms with Gasteiger partial charge in [-0.05, 0) is 36.7 Å². The summed E-state index contributed by atoms with van der Waals surface area (Å²) in [7, 11) is 2.14. The molecule has 2 aliphatic rings. The third kappa shape index (κ3) is 2.27. The summed E-state index contributed by atoms with van der Waals surface area (Å²) in [5.74, 6) is 0.0528. The Bertz CT molecular complexity index is 947. The van der Waals surface area contributed by atoms with Crippen LogP contribution in [0.2, 0.25) is 0 Å². The molecule has 2 saturated heterocycles. The second-order valence-electron chi connectivity index (χ2n) is 7.14. The molecule has 0 spiro atoms. The monoisotopic (exact) mass is 332 g/mol. The van der Waals surface area contributed by atoms with Crippen LogP contribution < -0.4 is 0 Å². The van der Waals surface area contributed by atoms with E-state index < -0.39 is 0 Å². The number of hydrogen-bond donors (Lipinski definition) is 1. The van der Waals surface area contributed by atoms with Gasteiger partial charge in [0.2, 0.25) is 0 Å². The lowest BCUT2D eigenvalue weighted by Gasteiger charge is -2.31. The minimum Gasteiger partial charge on any atom is -0.331 e. The van der Waals surface area contributed by atoms with Crippen LogP contribution in [-0.2, 0) is 0 Å². The van der Waals surface area contributed by atoms with E-state index in [0.717, 1.165) is 41.5 Å². The number of piperazine rings is 1. The van der Waals surface area contributed by atoms with Gasteiger partial charge in [0.1, 0.15) is 0 Å². The van der Waals surface area contributed by atoms with Crippen LogP contribution >= 0.6 is 0 Å². The molecule has 3 aromatic rings. The molecule has 1 aromatic heterocycles. The molecular weight excluding hydrogens is 312 g/mol. The zero-order valence-corrected chi connectivity index (χ0v) is 14.1. The molecule has 25 heavy (non-hydrogen) atoms. The topological polar surface area (TPSA) is 52.2 Å². The molecule has 5 heteroatoms. The molecule has 2 aliphatic heterocycles. The number of carbonyl (C=O) groups excluding carboxylic acids is 1. The van der Waals surface area contributed by atoms with Crippen molar-refractivity contribution >= 4 is 16.8 Å². The molecule has 126 valence electrons. The number of likely N-dealkylation sites (tertiary alicyclic amines) is 2. The first-order chi connectivity index (χ1) is 12.2. The van der Waals surface area contributed by atoms with Gasteiger partial charge >= 0.3 is 0 Å². The molecule has 1 N–H and O–H groups in total. The molecule has 2 fully saturated rings. The van der Waals surface area contributed by atoms with Crippen LogP contribution in [0.15, 0.2) is 48.5 Å². The maximum absolute atomic E-state index is 13.1. The Labute approximate surface area is 146 Å². The van der Waals surface area contributed by atoms with Crippen LogP contribution in [0.25, 0.3) is 22.0 Å². The van der Waals surface area contributed by atoms with Crippen molar-refractivity contribution in [2.75, 3.05) is 20.1 Å². The van der Waals surface area contributed by atoms with Crippen LogP contribution in [0.1, 0.15) is 16.9 Å². The molecule has 1 amide bonds. The van der Waals surface area contributed by atoms with Crippen LogP contribution in [0.5, 0.6) is 0 Å². The number of nitrogens with one attached hydrogen (secondary N) is 1. The van der Waals surface area contributed by atoms with Gasteiger partial charge in [0.05, 0.1) is 5.52 Å². The van der Waals surface area contributed by atoms with Crippen molar-refractivity contribution in [3.63, 3.8) is 0 Å². The van der Waals surface area contributed by atoms with Crippen molar-refractivity contribution in [3.8, 4) is 11.1 Å². The highest BCUT2D eigenvalue weighted by atomic mass is 16.2. The van der Waals surface area contributed by atoms with Crippen molar-refractivity contribution < 1.29 is 4.79 Å². The van der Waals surface area contributed by atoms with E-state index >= 15 is 0 Å². The van der Waals surface area contributed by atoms with E-state index in [0.29, 0.717) is 17.8 Å². The maximum atomic E-state index is 13.1. The third-order valence-corrected chi connectivity index (χ3v) is 5.65. The highest BCUT2D eigenvalue weighted by Crippen LogP contribution is 2.32. The number of aromatic nitrogens is 2. The van der Waals surface area contributed by atoms with Gasteiger partial charge in [0.25, 0.3) is 5.91 Å². The van der Waals surface area contributed by atoms with Gasteiger partial charge in [-0.25, -0.2) is 0 Å². The van der Waals surface area contributed by atoms with Gasteiger partial charge in [-0.1, -0.05) is 36.4 Å². The molecule has 3 heterocycles. The molecule has 2 atom stereocenters. The Balaban J connectivity index is 1.52. The molecule has 5 nitrogen and oxygen atoms in total. The molecule has 5 rings (SSSR count). The molecular formula is C20H20N4O. The summed E-state index contributed by atoms with van der Waals surface area (Å²) < 4.78 is 0. The number of aromatic amines is 1. The summed E-state index contributed by atoms with van der Waals surface area (Å²) in [5.41, 5.74) is 3.70. The van der Waals surface area contributed by atoms with Crippen LogP contribution in [-0.4, -0.2) is 58.1 Å². The highest BCUT2D eigenvalue weighted by Gasteiger charge is 2.44. The molecule has 0 radical (unpaired) electrons. The smallest absolute Gasteiger partial charge is 0.275 e. The number of likely N-dealkylation sites (N-methyl/N-ethyl adjacent to an activating group) is 1. The Morgan fingerprint density at radius 3 is 2.64 bits per heavy atom. The predicted molar refractivity (Wildman–Crippen MR) is 97.4 cm³/mol. The van der Waals surface area contributed by atoms with Gasteiger partial charge in [0, 0.05) is 30.6 Å². The van der Waals surface area contributed by atoms with E-state index in [2.05, 4.69) is 46.4 Å². The predicted octanol–water partition coefficient (Wildman–Crippen LogP) is 2.76. The summed E-state index contributed by atoms with van der Waals surface area (Å²) >= 11 is 0. The maximum Gasteiger partial charge on any atom is 0.275 e. The Morgan fingerprint density at radius 2 is 1.92 bits per heavy atom. The molecule has 2 bridgehead atoms. The highest BCUT2D eigenvalue weighted by molar-refractivity contribution is 6.06. The van der Waals surface area contributed by atoms with Crippen LogP contribution in [0.3, 0.4) is 0 Å². The Hall–Kier alpha value is -2.66. The van der Waals surface area contributed by atoms with E-state index in [1.807, 2.05) is 29.2 Å². The zero-order valence-electron chi connectivity index (χ0n) is 14.1. The fourth-order valence-corrected chi connectivity index (χ4v) is 4.24. The number of H-pyrrole nitrogens is 1. The fourth-order valence-electron chi connectivity index (χ4n) is 4.24. The summed E-state index contributed by atoms with van der Waals surface area (Å²) in [6.07, 6.45) is 1.08. The largest absolute Gasteiger partial charge is 0.331 e. The van der Waals surface area contributed by atoms with Crippen molar-refractivity contribution in [2.24, 2.45) is 0 Å². The summed E-state index contributed by atoms with van der Waals surface area (Å²) in [6, 6.07) is 17.2. The Morgan fingerprint density at radius 1 is 1.08 bits per heavy atom. The molecule has 2 unspecified atom stereocenters. The summed E-state index contributed by atoms with van der Waals surface area (Å²) in [5, 5.41) is 8.27. The SMILES string of the molecule is CN1CC2CC1CN2C(=O)c1n[nH]c2ccc(-c3ccccc3)cc12. The van der Waals surface area contributed by atoms with Gasteiger partial charge in [-0.3, -0.25) is 14.8 Å². The van der Waals surface area contributed by atoms with Crippen molar-refractivity contribution in [2.45, 2.75) is 18.5 Å². The normalized spacial score (nSPS) is 22.8. The lowest BCUT2D eigenvalue weighted by Crippen LogP contribution is -2.47. The standard InChI is InChI=1S/C20H20N4O/c1-23-11-16-10-15(23)12-24(16)20(25)19-17-9-14(7-8-18(17)21-22-19)13-5-3-2-4-6-13/h2-9,15-16H,10-12H2,1H3,(H,21,22). The number of carbonyl (C=O) groups is 1. The van der Waals surface area contributed by atoms with Gasteiger partial charge in [-0.2, -0.15) is 5.10 Å². The summed E-state index contributed by atoms with van der Waals surface area (Å²) in [4.78, 5) is 17.5. The van der Waals surface area contributed by atoms with Crippen molar-refractivity contribution in [1.29, 1.82) is 0 Å². The first-order valence-corrected chi connectivity index (χ1v) is 8.75. The average molecular weight is 332 g/mol. The number of nitrogens with zero attached hydrogens (tertiary/aromatic N) is 3. The molecule has 0 saturated carbocycles. The van der Waals surface area contributed by atoms with Gasteiger partial charge < -0.3 is 4.90 Å². The second-order valence-corrected chi connectivity index (χ2v) is 7.14. The third-order valence-electron chi connectivity index (χ3n) is 5.65. The van der Waals surface area contributed by atoms with Crippen LogP contribution in [0.4, 0.5) is 0 Å². The number of rotatable bonds is 2. The fraction of sp³-hybridized carbons (Fsp3) is 0.300. The van der Waals surface area contributed by atoms with E-state index in [-0.39, 0.29) is 5.91 Å². The second kappa shape index (κ2) is 5.43. The minimum absolute atomic E-state index is 0.0528. The first kappa shape index (κ1) is 14.7. The van der Waals surface area contributed by atoms with E-state index in [1.54, 1.807) is 0 Å². The van der Waals surface area contributed by atoms with Crippen LogP contribution in [0, 0.1) is 0 Å². The van der Waals surface area contributed by atoms with Gasteiger partial charge in [-0.15, -0.1) is 0 Å². The number of amides is 1. The quantitative estimate of drug-likeness (QED) is 0.785. The molecule has 2 aromatic carbocycles. The summed E-state index contributed by atoms with van der Waals surface area (Å²) in [6.45, 7) is 1.78. The van der Waals surface area contributed by atoms with Crippen molar-refractivity contribution in [3.05, 3.63) is 54.2 Å². The lowest BCUT2D eigenvalue weighted by atomic mass is 10.0. The molecule has 0 aliphatic carbocycles. The van der Waals surface area contributed by atoms with Crippen molar-refractivity contribution in [1.82, 2.24) is 20.0 Å². The average Bonchev–Trinajstić information content (AvgIpc) is 3.34. The first-order valence-electron chi connectivity index (χ1n) is 8.75. The number of fused-ring (bicyclic) bond motifs is 3. The lowest BCUT2D eigenvalue weighted by molar-refractivity contribution is 0.0646. The van der Waals surface area contributed by atoms with Gasteiger partial charge in [0.15, 0.2) is 5.69 Å². The number of benzene rings is 2. The zero-order chi connectivity index (χ0) is 17.0. The number of hydrogen-bond acceptors (Lipinski definition) is 3. The van der Waals surface area contributed by atoms with E-state index in [1.165, 1.54) is 0 Å². The minimum atomic E-state index is 0.0528. The van der Waals surface area contributed by atoms with E-state index in [9.17, 15) is 4.79 Å². The van der Waals surface area contributed by atoms with E-state index in [4.69, 9.17) is 0 Å². The Kier molecular flexibility index (Phi) is 3.18.